The first-order valence-corrected chi connectivity index (χ1v) is 6.37. The molecule has 19 heavy (non-hydrogen) atoms. The van der Waals surface area contributed by atoms with Gasteiger partial charge in [-0.05, 0) is 48.9 Å². The first-order chi connectivity index (χ1) is 9.35. The summed E-state index contributed by atoms with van der Waals surface area (Å²) in [6, 6.07) is 8.10. The molecule has 1 aliphatic carbocycles. The highest BCUT2D eigenvalue weighted by Gasteiger charge is 2.10. The summed E-state index contributed by atoms with van der Waals surface area (Å²) < 4.78 is 5.66. The van der Waals surface area contributed by atoms with E-state index in [-0.39, 0.29) is 5.69 Å². The van der Waals surface area contributed by atoms with Gasteiger partial charge in [0.2, 0.25) is 5.88 Å². The molecule has 0 aliphatic heterocycles. The Morgan fingerprint density at radius 1 is 1.05 bits per heavy atom. The average molecular weight is 251 g/mol. The Bertz CT molecular complexity index is 629. The molecular weight excluding hydrogens is 238 g/mol. The van der Waals surface area contributed by atoms with E-state index in [1.165, 1.54) is 36.4 Å². The SMILES string of the molecule is N#Cc1cnc(Oc2ccc3c(c2)CCCC3)cn1. The van der Waals surface area contributed by atoms with Crippen LogP contribution in [0.1, 0.15) is 29.7 Å². The standard InChI is InChI=1S/C15H13N3O/c16-8-13-9-18-15(10-17-13)19-14-6-5-11-3-1-2-4-12(11)7-14/h5-7,9-10H,1-4H2. The van der Waals surface area contributed by atoms with Crippen LogP contribution < -0.4 is 4.74 Å². The second-order valence-corrected chi connectivity index (χ2v) is 4.59. The highest BCUT2D eigenvalue weighted by Crippen LogP contribution is 2.27. The number of rotatable bonds is 2. The minimum Gasteiger partial charge on any atom is -0.437 e. The van der Waals surface area contributed by atoms with Gasteiger partial charge < -0.3 is 4.74 Å². The van der Waals surface area contributed by atoms with E-state index in [9.17, 15) is 0 Å². The number of ether oxygens (including phenoxy) is 1. The van der Waals surface area contributed by atoms with Crippen molar-refractivity contribution in [1.82, 2.24) is 9.97 Å². The van der Waals surface area contributed by atoms with Gasteiger partial charge in [0.25, 0.3) is 0 Å². The molecule has 0 fully saturated rings. The van der Waals surface area contributed by atoms with Gasteiger partial charge in [-0.3, -0.25) is 0 Å². The van der Waals surface area contributed by atoms with Crippen LogP contribution in [0.3, 0.4) is 0 Å². The van der Waals surface area contributed by atoms with Crippen LogP contribution in [0.5, 0.6) is 11.6 Å². The van der Waals surface area contributed by atoms with Gasteiger partial charge in [-0.2, -0.15) is 5.26 Å². The first kappa shape index (κ1) is 11.7. The second kappa shape index (κ2) is 5.07. The number of hydrogen-bond acceptors (Lipinski definition) is 4. The molecule has 1 heterocycles. The lowest BCUT2D eigenvalue weighted by molar-refractivity contribution is 0.458. The van der Waals surface area contributed by atoms with Crippen LogP contribution in [-0.4, -0.2) is 9.97 Å². The van der Waals surface area contributed by atoms with Gasteiger partial charge in [-0.15, -0.1) is 0 Å². The molecule has 0 saturated carbocycles. The number of fused-ring (bicyclic) bond motifs is 1. The van der Waals surface area contributed by atoms with Crippen molar-refractivity contribution in [3.63, 3.8) is 0 Å². The monoisotopic (exact) mass is 251 g/mol. The Morgan fingerprint density at radius 3 is 2.63 bits per heavy atom. The maximum atomic E-state index is 8.66. The molecule has 0 saturated heterocycles. The number of nitrogens with zero attached hydrogens (tertiary/aromatic N) is 3. The molecule has 94 valence electrons. The molecule has 1 aromatic carbocycles. The molecule has 0 bridgehead atoms. The van der Waals surface area contributed by atoms with Crippen molar-refractivity contribution in [3.05, 3.63) is 47.4 Å². The van der Waals surface area contributed by atoms with E-state index in [1.807, 2.05) is 12.1 Å². The zero-order chi connectivity index (χ0) is 13.1. The molecule has 0 spiro atoms. The summed E-state index contributed by atoms with van der Waals surface area (Å²) in [5.41, 5.74) is 3.08. The molecular formula is C15H13N3O. The molecule has 2 aromatic rings. The highest BCUT2D eigenvalue weighted by atomic mass is 16.5. The summed E-state index contributed by atoms with van der Waals surface area (Å²) in [5, 5.41) is 8.66. The van der Waals surface area contributed by atoms with E-state index in [1.54, 1.807) is 0 Å². The van der Waals surface area contributed by atoms with Crippen LogP contribution in [0.25, 0.3) is 0 Å². The van der Waals surface area contributed by atoms with Crippen molar-refractivity contribution in [2.45, 2.75) is 25.7 Å². The van der Waals surface area contributed by atoms with Gasteiger partial charge >= 0.3 is 0 Å². The van der Waals surface area contributed by atoms with Crippen LogP contribution in [0.4, 0.5) is 0 Å². The van der Waals surface area contributed by atoms with Crippen molar-refractivity contribution in [1.29, 1.82) is 5.26 Å². The van der Waals surface area contributed by atoms with Gasteiger partial charge in [0.1, 0.15) is 11.8 Å². The van der Waals surface area contributed by atoms with Gasteiger partial charge in [-0.25, -0.2) is 9.97 Å². The van der Waals surface area contributed by atoms with Crippen molar-refractivity contribution in [3.8, 4) is 17.7 Å². The number of aromatic nitrogens is 2. The normalized spacial score (nSPS) is 13.4. The Balaban J connectivity index is 1.81. The fourth-order valence-electron chi connectivity index (χ4n) is 2.32. The van der Waals surface area contributed by atoms with Gasteiger partial charge in [0.05, 0.1) is 12.4 Å². The summed E-state index contributed by atoms with van der Waals surface area (Å²) >= 11 is 0. The quantitative estimate of drug-likeness (QED) is 0.823. The third-order valence-corrected chi connectivity index (χ3v) is 3.29. The van der Waals surface area contributed by atoms with E-state index >= 15 is 0 Å². The summed E-state index contributed by atoms with van der Waals surface area (Å²) in [7, 11) is 0. The summed E-state index contributed by atoms with van der Waals surface area (Å²) in [6.07, 6.45) is 7.67. The lowest BCUT2D eigenvalue weighted by Gasteiger charge is -2.16. The minimum atomic E-state index is 0.290. The molecule has 4 nitrogen and oxygen atoms in total. The third-order valence-electron chi connectivity index (χ3n) is 3.29. The maximum absolute atomic E-state index is 8.66. The number of nitriles is 1. The first-order valence-electron chi connectivity index (χ1n) is 6.37. The third kappa shape index (κ3) is 2.55. The summed E-state index contributed by atoms with van der Waals surface area (Å²) in [4.78, 5) is 7.98. The van der Waals surface area contributed by atoms with Crippen molar-refractivity contribution < 1.29 is 4.74 Å². The van der Waals surface area contributed by atoms with E-state index in [0.717, 1.165) is 18.6 Å². The second-order valence-electron chi connectivity index (χ2n) is 4.59. The van der Waals surface area contributed by atoms with Gasteiger partial charge in [0, 0.05) is 0 Å². The molecule has 0 unspecified atom stereocenters. The lowest BCUT2D eigenvalue weighted by atomic mass is 9.92. The molecule has 0 N–H and O–H groups in total. The predicted molar refractivity (Wildman–Crippen MR) is 69.9 cm³/mol. The van der Waals surface area contributed by atoms with Crippen molar-refractivity contribution in [2.24, 2.45) is 0 Å². The molecule has 1 aromatic heterocycles. The minimum absolute atomic E-state index is 0.290. The van der Waals surface area contributed by atoms with Crippen molar-refractivity contribution >= 4 is 0 Å². The Morgan fingerprint density at radius 2 is 1.89 bits per heavy atom. The van der Waals surface area contributed by atoms with Crippen LogP contribution in [0.2, 0.25) is 0 Å². The fraction of sp³-hybridized carbons (Fsp3) is 0.267. The Labute approximate surface area is 111 Å². The highest BCUT2D eigenvalue weighted by molar-refractivity contribution is 5.38. The lowest BCUT2D eigenvalue weighted by Crippen LogP contribution is -2.02. The van der Waals surface area contributed by atoms with Gasteiger partial charge in [-0.1, -0.05) is 6.07 Å². The fourth-order valence-corrected chi connectivity index (χ4v) is 2.32. The zero-order valence-electron chi connectivity index (χ0n) is 10.5. The van der Waals surface area contributed by atoms with Gasteiger partial charge in [0.15, 0.2) is 5.69 Å². The molecule has 0 atom stereocenters. The smallest absolute Gasteiger partial charge is 0.237 e. The zero-order valence-corrected chi connectivity index (χ0v) is 10.5. The number of hydrogen-bond donors (Lipinski definition) is 0. The van der Waals surface area contributed by atoms with E-state index in [0.29, 0.717) is 5.88 Å². The Hall–Kier alpha value is -2.41. The molecule has 0 amide bonds. The largest absolute Gasteiger partial charge is 0.437 e. The molecule has 1 aliphatic rings. The van der Waals surface area contributed by atoms with Crippen LogP contribution >= 0.6 is 0 Å². The van der Waals surface area contributed by atoms with Crippen LogP contribution in [0.15, 0.2) is 30.6 Å². The van der Waals surface area contributed by atoms with E-state index < -0.39 is 0 Å². The van der Waals surface area contributed by atoms with Crippen LogP contribution in [0, 0.1) is 11.3 Å². The molecule has 3 rings (SSSR count). The predicted octanol–water partition coefficient (Wildman–Crippen LogP) is 3.02. The summed E-state index contributed by atoms with van der Waals surface area (Å²) in [6.45, 7) is 0. The number of benzene rings is 1. The topological polar surface area (TPSA) is 58.8 Å². The van der Waals surface area contributed by atoms with E-state index in [4.69, 9.17) is 10.00 Å². The molecule has 0 radical (unpaired) electrons. The van der Waals surface area contributed by atoms with E-state index in [2.05, 4.69) is 22.1 Å². The Kier molecular flexibility index (Phi) is 3.11. The number of aryl methyl sites for hydroxylation is 2. The summed E-state index contributed by atoms with van der Waals surface area (Å²) in [5.74, 6) is 1.19. The average Bonchev–Trinajstić information content (AvgIpc) is 2.48. The maximum Gasteiger partial charge on any atom is 0.237 e. The van der Waals surface area contributed by atoms with Crippen LogP contribution in [-0.2, 0) is 12.8 Å². The van der Waals surface area contributed by atoms with Crippen molar-refractivity contribution in [2.75, 3.05) is 0 Å². The molecule has 4 heteroatoms.